The third kappa shape index (κ3) is 5.52. The van der Waals surface area contributed by atoms with Crippen molar-refractivity contribution in [3.05, 3.63) is 125 Å². The zero-order valence-corrected chi connectivity index (χ0v) is 21.8. The van der Waals surface area contributed by atoms with Gasteiger partial charge in [-0.15, -0.1) is 0 Å². The average molecular weight is 503 g/mol. The second-order valence-electron chi connectivity index (χ2n) is 10.2. The van der Waals surface area contributed by atoms with E-state index in [1.807, 2.05) is 30.6 Å². The number of hydrogen-bond donors (Lipinski definition) is 2. The summed E-state index contributed by atoms with van der Waals surface area (Å²) in [5.41, 5.74) is 8.33. The summed E-state index contributed by atoms with van der Waals surface area (Å²) in [6, 6.07) is 28.1. The second kappa shape index (κ2) is 11.3. The number of aryl methyl sites for hydroxylation is 1. The molecule has 1 aliphatic carbocycles. The van der Waals surface area contributed by atoms with Crippen molar-refractivity contribution in [2.24, 2.45) is 0 Å². The molecule has 0 spiro atoms. The van der Waals surface area contributed by atoms with Crippen LogP contribution in [0.3, 0.4) is 0 Å². The van der Waals surface area contributed by atoms with Crippen molar-refractivity contribution in [3.63, 3.8) is 0 Å². The minimum absolute atomic E-state index is 0.203. The number of nitrogens with zero attached hydrogens (tertiary/aromatic N) is 4. The zero-order valence-electron chi connectivity index (χ0n) is 21.8. The Morgan fingerprint density at radius 3 is 2.55 bits per heavy atom. The fourth-order valence-electron chi connectivity index (χ4n) is 5.49. The molecule has 38 heavy (non-hydrogen) atoms. The predicted molar refractivity (Wildman–Crippen MR) is 151 cm³/mol. The maximum atomic E-state index is 4.89. The number of nitrogens with one attached hydrogen (secondary N) is 2. The number of hydrogen-bond acceptors (Lipinski definition) is 5. The van der Waals surface area contributed by atoms with Gasteiger partial charge in [0, 0.05) is 31.5 Å². The molecule has 0 saturated carbocycles. The molecule has 3 heterocycles. The summed E-state index contributed by atoms with van der Waals surface area (Å²) < 4.78 is 0. The summed E-state index contributed by atoms with van der Waals surface area (Å²) in [5, 5.41) is 3.59. The van der Waals surface area contributed by atoms with Crippen LogP contribution in [0.4, 0.5) is 0 Å². The number of imidazole rings is 1. The molecule has 6 heteroatoms. The highest BCUT2D eigenvalue weighted by Gasteiger charge is 2.28. The number of benzene rings is 2. The van der Waals surface area contributed by atoms with Gasteiger partial charge in [-0.25, -0.2) is 4.98 Å². The third-order valence-corrected chi connectivity index (χ3v) is 7.55. The summed E-state index contributed by atoms with van der Waals surface area (Å²) in [4.78, 5) is 20.3. The third-order valence-electron chi connectivity index (χ3n) is 7.55. The summed E-state index contributed by atoms with van der Waals surface area (Å²) in [7, 11) is 0. The molecule has 1 aliphatic rings. The van der Waals surface area contributed by atoms with Crippen molar-refractivity contribution in [1.29, 1.82) is 0 Å². The monoisotopic (exact) mass is 502 g/mol. The van der Waals surface area contributed by atoms with Crippen LogP contribution in [0.25, 0.3) is 11.0 Å². The van der Waals surface area contributed by atoms with Crippen LogP contribution in [-0.2, 0) is 26.1 Å². The number of aromatic amines is 1. The van der Waals surface area contributed by atoms with Crippen molar-refractivity contribution >= 4 is 11.0 Å². The highest BCUT2D eigenvalue weighted by molar-refractivity contribution is 5.74. The second-order valence-corrected chi connectivity index (χ2v) is 10.2. The molecular weight excluding hydrogens is 468 g/mol. The molecule has 0 fully saturated rings. The molecule has 192 valence electrons. The molecule has 0 aliphatic heterocycles. The van der Waals surface area contributed by atoms with Crippen molar-refractivity contribution in [3.8, 4) is 0 Å². The number of para-hydroxylation sites is 2. The van der Waals surface area contributed by atoms with Gasteiger partial charge in [-0.2, -0.15) is 0 Å². The van der Waals surface area contributed by atoms with E-state index in [1.165, 1.54) is 28.8 Å². The summed E-state index contributed by atoms with van der Waals surface area (Å²) in [6.45, 7) is 4.55. The van der Waals surface area contributed by atoms with Gasteiger partial charge in [0.05, 0.1) is 35.0 Å². The fourth-order valence-corrected chi connectivity index (χ4v) is 5.49. The molecule has 5 aromatic rings. The Bertz CT molecular complexity index is 1440. The zero-order chi connectivity index (χ0) is 25.7. The van der Waals surface area contributed by atoms with Crippen LogP contribution in [0.5, 0.6) is 0 Å². The molecule has 2 aromatic carbocycles. The Hall–Kier alpha value is -3.87. The molecule has 0 radical (unpaired) electrons. The van der Waals surface area contributed by atoms with Crippen LogP contribution in [0.2, 0.25) is 0 Å². The van der Waals surface area contributed by atoms with Crippen molar-refractivity contribution < 1.29 is 0 Å². The normalized spacial score (nSPS) is 16.0. The van der Waals surface area contributed by atoms with Gasteiger partial charge in [0.2, 0.25) is 0 Å². The quantitative estimate of drug-likeness (QED) is 0.248. The van der Waals surface area contributed by atoms with E-state index in [0.717, 1.165) is 55.0 Å². The average Bonchev–Trinajstić information content (AvgIpc) is 3.39. The van der Waals surface area contributed by atoms with Crippen LogP contribution >= 0.6 is 0 Å². The maximum Gasteiger partial charge on any atom is 0.121 e. The van der Waals surface area contributed by atoms with Gasteiger partial charge in [-0.1, -0.05) is 48.5 Å². The van der Waals surface area contributed by atoms with E-state index in [0.29, 0.717) is 0 Å². The summed E-state index contributed by atoms with van der Waals surface area (Å²) >= 11 is 0. The van der Waals surface area contributed by atoms with Crippen LogP contribution in [0.1, 0.15) is 65.8 Å². The largest absolute Gasteiger partial charge is 0.341 e. The van der Waals surface area contributed by atoms with Gasteiger partial charge in [0.15, 0.2) is 0 Å². The van der Waals surface area contributed by atoms with Crippen molar-refractivity contribution in [1.82, 2.24) is 30.2 Å². The van der Waals surface area contributed by atoms with Crippen molar-refractivity contribution in [2.45, 2.75) is 57.9 Å². The molecule has 0 amide bonds. The van der Waals surface area contributed by atoms with Crippen molar-refractivity contribution in [2.75, 3.05) is 0 Å². The SMILES string of the molecule is CC(NCc1ccc(CN(Cc2nc3ccccc3[nH]2)C2CCCc3cccnc32)cc1)c1ccccn1. The van der Waals surface area contributed by atoms with E-state index in [9.17, 15) is 0 Å². The molecular formula is C32H34N6. The number of rotatable bonds is 9. The number of H-pyrrole nitrogens is 1. The van der Waals surface area contributed by atoms with E-state index < -0.39 is 0 Å². The molecule has 2 N–H and O–H groups in total. The van der Waals surface area contributed by atoms with E-state index in [4.69, 9.17) is 9.97 Å². The first-order chi connectivity index (χ1) is 18.7. The van der Waals surface area contributed by atoms with Gasteiger partial charge < -0.3 is 10.3 Å². The number of fused-ring (bicyclic) bond motifs is 2. The van der Waals surface area contributed by atoms with E-state index in [1.54, 1.807) is 0 Å². The Kier molecular flexibility index (Phi) is 7.25. The predicted octanol–water partition coefficient (Wildman–Crippen LogP) is 6.28. The molecule has 0 saturated heterocycles. The molecule has 2 atom stereocenters. The van der Waals surface area contributed by atoms with Gasteiger partial charge in [-0.3, -0.25) is 14.9 Å². The van der Waals surface area contributed by atoms with Gasteiger partial charge in [0.25, 0.3) is 0 Å². The standard InChI is InChI=1S/C32H34N6/c1-23(27-10-4-5-18-33-27)35-20-24-14-16-25(17-15-24)21-38(22-31-36-28-11-2-3-12-29(28)37-31)30-13-6-8-26-9-7-19-34-32(26)30/h2-5,7,9-12,14-19,23,30,35H,6,8,13,20-22H2,1H3,(H,36,37). The Morgan fingerprint density at radius 2 is 1.71 bits per heavy atom. The first-order valence-corrected chi connectivity index (χ1v) is 13.6. The molecule has 2 unspecified atom stereocenters. The van der Waals surface area contributed by atoms with Gasteiger partial charge in [0.1, 0.15) is 5.82 Å². The van der Waals surface area contributed by atoms with E-state index in [-0.39, 0.29) is 12.1 Å². The molecule has 3 aromatic heterocycles. The lowest BCUT2D eigenvalue weighted by Crippen LogP contribution is -2.31. The maximum absolute atomic E-state index is 4.89. The van der Waals surface area contributed by atoms with E-state index in [2.05, 4.69) is 87.8 Å². The smallest absolute Gasteiger partial charge is 0.121 e. The Labute approximate surface area is 224 Å². The topological polar surface area (TPSA) is 69.7 Å². The number of pyridine rings is 2. The summed E-state index contributed by atoms with van der Waals surface area (Å²) in [5.74, 6) is 0.999. The highest BCUT2D eigenvalue weighted by atomic mass is 15.2. The number of aromatic nitrogens is 4. The lowest BCUT2D eigenvalue weighted by Gasteiger charge is -2.34. The Morgan fingerprint density at radius 1 is 0.895 bits per heavy atom. The lowest BCUT2D eigenvalue weighted by molar-refractivity contribution is 0.153. The van der Waals surface area contributed by atoms with Gasteiger partial charge in [-0.05, 0) is 73.2 Å². The first kappa shape index (κ1) is 24.5. The van der Waals surface area contributed by atoms with Crippen LogP contribution in [-0.4, -0.2) is 24.8 Å². The van der Waals surface area contributed by atoms with Crippen LogP contribution in [0.15, 0.2) is 91.3 Å². The molecule has 6 nitrogen and oxygen atoms in total. The fraction of sp³-hybridized carbons (Fsp3) is 0.281. The molecule has 6 rings (SSSR count). The van der Waals surface area contributed by atoms with Crippen LogP contribution < -0.4 is 5.32 Å². The minimum atomic E-state index is 0.203. The first-order valence-electron chi connectivity index (χ1n) is 13.6. The lowest BCUT2D eigenvalue weighted by atomic mass is 9.90. The van der Waals surface area contributed by atoms with E-state index >= 15 is 0 Å². The molecule has 0 bridgehead atoms. The minimum Gasteiger partial charge on any atom is -0.341 e. The highest BCUT2D eigenvalue weighted by Crippen LogP contribution is 2.34. The summed E-state index contributed by atoms with van der Waals surface area (Å²) in [6.07, 6.45) is 7.18. The van der Waals surface area contributed by atoms with Gasteiger partial charge >= 0.3 is 0 Å². The van der Waals surface area contributed by atoms with Crippen LogP contribution in [0, 0.1) is 0 Å². The Balaban J connectivity index is 1.20.